The van der Waals surface area contributed by atoms with Crippen molar-refractivity contribution in [3.05, 3.63) is 59.4 Å². The molecule has 2 aromatic carbocycles. The Morgan fingerprint density at radius 2 is 1.86 bits per heavy atom. The zero-order chi connectivity index (χ0) is 20.5. The average Bonchev–Trinajstić information content (AvgIpc) is 2.80. The lowest BCUT2D eigenvalue weighted by Crippen LogP contribution is -2.34. The van der Waals surface area contributed by atoms with E-state index in [0.29, 0.717) is 0 Å². The number of hydrogen-bond donors (Lipinski definition) is 0. The van der Waals surface area contributed by atoms with Gasteiger partial charge in [0, 0.05) is 18.7 Å². The van der Waals surface area contributed by atoms with Crippen LogP contribution in [-0.4, -0.2) is 47.1 Å². The number of nitrogens with zero attached hydrogens (tertiary/aromatic N) is 1. The molecule has 6 nitrogen and oxygen atoms in total. The molecule has 152 valence electrons. The number of sulfone groups is 1. The molecule has 1 atom stereocenters. The van der Waals surface area contributed by atoms with Crippen molar-refractivity contribution >= 4 is 19.9 Å². The third-order valence-electron chi connectivity index (χ3n) is 4.89. The second kappa shape index (κ2) is 7.81. The molecule has 28 heavy (non-hydrogen) atoms. The first-order chi connectivity index (χ1) is 13.2. The fraction of sp³-hybridized carbons (Fsp3) is 0.368. The maximum atomic E-state index is 14.2. The molecule has 3 rings (SSSR count). The van der Waals surface area contributed by atoms with Crippen LogP contribution in [0.4, 0.5) is 4.39 Å². The summed E-state index contributed by atoms with van der Waals surface area (Å²) in [4.78, 5) is -0.00302. The van der Waals surface area contributed by atoms with Gasteiger partial charge in [0.15, 0.2) is 9.84 Å². The van der Waals surface area contributed by atoms with Gasteiger partial charge in [-0.25, -0.2) is 21.2 Å². The zero-order valence-electron chi connectivity index (χ0n) is 15.6. The molecule has 9 heteroatoms. The monoisotopic (exact) mass is 427 g/mol. The molecule has 1 fully saturated rings. The van der Waals surface area contributed by atoms with E-state index in [1.807, 2.05) is 0 Å². The Morgan fingerprint density at radius 1 is 1.14 bits per heavy atom. The fourth-order valence-corrected chi connectivity index (χ4v) is 6.99. The van der Waals surface area contributed by atoms with E-state index in [1.54, 1.807) is 25.1 Å². The Kier molecular flexibility index (Phi) is 5.79. The van der Waals surface area contributed by atoms with Gasteiger partial charge < -0.3 is 4.74 Å². The predicted molar refractivity (Wildman–Crippen MR) is 104 cm³/mol. The van der Waals surface area contributed by atoms with E-state index >= 15 is 0 Å². The lowest BCUT2D eigenvalue weighted by atomic mass is 10.1. The SMILES string of the molecule is COc1ccc(C)cc1S(=O)(=O)N1CCC(c2ccccc2F)S(=O)(=O)CC1. The van der Waals surface area contributed by atoms with Crippen molar-refractivity contribution in [2.75, 3.05) is 26.0 Å². The summed E-state index contributed by atoms with van der Waals surface area (Å²) in [7, 11) is -6.30. The molecule has 0 aromatic heterocycles. The van der Waals surface area contributed by atoms with Crippen LogP contribution in [0.2, 0.25) is 0 Å². The molecule has 0 bridgehead atoms. The minimum atomic E-state index is -3.97. The summed E-state index contributed by atoms with van der Waals surface area (Å²) in [5.74, 6) is -0.782. The standard InChI is InChI=1S/C19H22FNO5S2/c1-14-7-8-17(26-2)19(13-14)28(24,25)21-10-9-18(27(22,23)12-11-21)15-5-3-4-6-16(15)20/h3-8,13,18H,9-12H2,1-2H3. The third-order valence-corrected chi connectivity index (χ3v) is 8.92. The number of ether oxygens (including phenoxy) is 1. The highest BCUT2D eigenvalue weighted by atomic mass is 32.2. The summed E-state index contributed by atoms with van der Waals surface area (Å²) in [5.41, 5.74) is 0.820. The van der Waals surface area contributed by atoms with Crippen molar-refractivity contribution in [1.29, 1.82) is 0 Å². The summed E-state index contributed by atoms with van der Waals surface area (Å²) in [5, 5.41) is -1.08. The number of aryl methyl sites for hydroxylation is 1. The summed E-state index contributed by atoms with van der Waals surface area (Å²) in [6.45, 7) is 1.55. The van der Waals surface area contributed by atoms with Gasteiger partial charge >= 0.3 is 0 Å². The van der Waals surface area contributed by atoms with E-state index < -0.39 is 30.9 Å². The lowest BCUT2D eigenvalue weighted by Gasteiger charge is -2.21. The van der Waals surface area contributed by atoms with Crippen molar-refractivity contribution in [2.45, 2.75) is 23.5 Å². The van der Waals surface area contributed by atoms with Gasteiger partial charge in [0.25, 0.3) is 0 Å². The number of halogens is 1. The van der Waals surface area contributed by atoms with E-state index in [2.05, 4.69) is 0 Å². The highest BCUT2D eigenvalue weighted by molar-refractivity contribution is 7.92. The first-order valence-electron chi connectivity index (χ1n) is 8.77. The van der Waals surface area contributed by atoms with Gasteiger partial charge in [-0.15, -0.1) is 0 Å². The molecule has 0 N–H and O–H groups in total. The van der Waals surface area contributed by atoms with E-state index in [9.17, 15) is 21.2 Å². The van der Waals surface area contributed by atoms with Crippen molar-refractivity contribution in [3.63, 3.8) is 0 Å². The maximum Gasteiger partial charge on any atom is 0.246 e. The van der Waals surface area contributed by atoms with Crippen LogP contribution < -0.4 is 4.74 Å². The summed E-state index contributed by atoms with van der Waals surface area (Å²) in [6, 6.07) is 10.5. The fourth-order valence-electron chi connectivity index (χ4n) is 3.37. The third kappa shape index (κ3) is 3.92. The van der Waals surface area contributed by atoms with Crippen molar-refractivity contribution < 1.29 is 26.0 Å². The van der Waals surface area contributed by atoms with Crippen LogP contribution in [0.25, 0.3) is 0 Å². The van der Waals surface area contributed by atoms with E-state index in [1.165, 1.54) is 31.4 Å². The highest BCUT2D eigenvalue weighted by Crippen LogP contribution is 2.34. The molecule has 0 spiro atoms. The van der Waals surface area contributed by atoms with Gasteiger partial charge in [0.1, 0.15) is 16.5 Å². The molecule has 1 saturated heterocycles. The summed E-state index contributed by atoms with van der Waals surface area (Å²) in [6.07, 6.45) is -0.0172. The van der Waals surface area contributed by atoms with Gasteiger partial charge in [-0.1, -0.05) is 24.3 Å². The second-order valence-corrected chi connectivity index (χ2v) is 10.9. The Balaban J connectivity index is 1.97. The van der Waals surface area contributed by atoms with Crippen LogP contribution in [0.5, 0.6) is 5.75 Å². The van der Waals surface area contributed by atoms with E-state index in [4.69, 9.17) is 4.74 Å². The van der Waals surface area contributed by atoms with Crippen LogP contribution in [0, 0.1) is 12.7 Å². The molecule has 0 amide bonds. The van der Waals surface area contributed by atoms with Crippen LogP contribution in [0.15, 0.2) is 47.4 Å². The number of hydrogen-bond acceptors (Lipinski definition) is 5. The molecular formula is C19H22FNO5S2. The molecule has 0 radical (unpaired) electrons. The van der Waals surface area contributed by atoms with Gasteiger partial charge in [0.05, 0.1) is 18.1 Å². The number of benzene rings is 2. The van der Waals surface area contributed by atoms with Crippen LogP contribution >= 0.6 is 0 Å². The zero-order valence-corrected chi connectivity index (χ0v) is 17.3. The largest absolute Gasteiger partial charge is 0.495 e. The van der Waals surface area contributed by atoms with Crippen LogP contribution in [-0.2, 0) is 19.9 Å². The molecule has 1 aliphatic rings. The molecule has 2 aromatic rings. The molecule has 0 saturated carbocycles. The van der Waals surface area contributed by atoms with E-state index in [-0.39, 0.29) is 41.5 Å². The maximum absolute atomic E-state index is 14.2. The van der Waals surface area contributed by atoms with Crippen LogP contribution in [0.1, 0.15) is 22.8 Å². The lowest BCUT2D eigenvalue weighted by molar-refractivity contribution is 0.392. The summed E-state index contributed by atoms with van der Waals surface area (Å²) < 4.78 is 72.3. The topological polar surface area (TPSA) is 80.8 Å². The minimum absolute atomic E-state index is 0.00302. The second-order valence-electron chi connectivity index (χ2n) is 6.72. The highest BCUT2D eigenvalue weighted by Gasteiger charge is 2.37. The Hall–Kier alpha value is -1.97. The van der Waals surface area contributed by atoms with Crippen molar-refractivity contribution in [3.8, 4) is 5.75 Å². The van der Waals surface area contributed by atoms with Gasteiger partial charge in [-0.3, -0.25) is 0 Å². The minimum Gasteiger partial charge on any atom is -0.495 e. The normalized spacial score (nSPS) is 20.5. The predicted octanol–water partition coefficient (Wildman–Crippen LogP) is 2.69. The molecule has 0 aliphatic carbocycles. The number of methoxy groups -OCH3 is 1. The molecule has 1 unspecified atom stereocenters. The smallest absolute Gasteiger partial charge is 0.246 e. The van der Waals surface area contributed by atoms with E-state index in [0.717, 1.165) is 9.87 Å². The number of rotatable bonds is 4. The Bertz CT molecular complexity index is 1080. The van der Waals surface area contributed by atoms with Crippen molar-refractivity contribution in [1.82, 2.24) is 4.31 Å². The molecular weight excluding hydrogens is 405 g/mol. The average molecular weight is 428 g/mol. The first kappa shape index (κ1) is 20.8. The Labute approximate surface area is 164 Å². The Morgan fingerprint density at radius 3 is 2.54 bits per heavy atom. The quantitative estimate of drug-likeness (QED) is 0.750. The van der Waals surface area contributed by atoms with Gasteiger partial charge in [-0.2, -0.15) is 4.31 Å². The van der Waals surface area contributed by atoms with Gasteiger partial charge in [-0.05, 0) is 37.1 Å². The van der Waals surface area contributed by atoms with Crippen LogP contribution in [0.3, 0.4) is 0 Å². The molecule has 1 heterocycles. The first-order valence-corrected chi connectivity index (χ1v) is 11.9. The number of sulfonamides is 1. The van der Waals surface area contributed by atoms with Crippen molar-refractivity contribution in [2.24, 2.45) is 0 Å². The summed E-state index contributed by atoms with van der Waals surface area (Å²) >= 11 is 0. The molecule has 1 aliphatic heterocycles. The van der Waals surface area contributed by atoms with Gasteiger partial charge in [0.2, 0.25) is 10.0 Å².